The Balaban J connectivity index is 0. The third kappa shape index (κ3) is 24.7. The summed E-state index contributed by atoms with van der Waals surface area (Å²) in [5.74, 6) is -0.742. The smallest absolute Gasteiger partial charge is 0.313 e. The molecule has 0 radical (unpaired) electrons. The van der Waals surface area contributed by atoms with Gasteiger partial charge in [-0.15, -0.1) is 0 Å². The molecule has 0 fully saturated rings. The minimum absolute atomic E-state index is 0.0833. The van der Waals surface area contributed by atoms with Crippen molar-refractivity contribution in [3.63, 3.8) is 0 Å². The molecule has 0 aliphatic rings. The largest absolute Gasteiger partial charge is 0.772 e. The fourth-order valence-corrected chi connectivity index (χ4v) is 0. The second-order valence-electron chi connectivity index (χ2n) is 1.14. The molecular weight excluding hydrogens is 176 g/mol. The van der Waals surface area contributed by atoms with E-state index in [1.54, 1.807) is 6.92 Å². The molecule has 10 heavy (non-hydrogen) atoms. The number of aliphatic carboxylic acids is 1. The van der Waals surface area contributed by atoms with E-state index < -0.39 is 17.0 Å². The molecule has 0 saturated carbocycles. The predicted octanol–water partition coefficient (Wildman–Crippen LogP) is -0.114. The van der Waals surface area contributed by atoms with Crippen LogP contribution in [0.3, 0.4) is 0 Å². The van der Waals surface area contributed by atoms with E-state index in [-0.39, 0.29) is 11.5 Å². The molecule has 0 spiro atoms. The Morgan fingerprint density at radius 2 is 2.00 bits per heavy atom. The van der Waals surface area contributed by atoms with Crippen molar-refractivity contribution in [3.8, 4) is 0 Å². The Morgan fingerprint density at radius 3 is 2.00 bits per heavy atom. The van der Waals surface area contributed by atoms with E-state index in [9.17, 15) is 13.6 Å². The van der Waals surface area contributed by atoms with Crippen molar-refractivity contribution in [1.82, 2.24) is 0 Å². The Morgan fingerprint density at radius 1 is 1.80 bits per heavy atom. The predicted molar refractivity (Wildman–Crippen MR) is 40.9 cm³/mol. The van der Waals surface area contributed by atoms with Crippen LogP contribution < -0.4 is 0 Å². The third-order valence-corrected chi connectivity index (χ3v) is 1.11. The van der Waals surface area contributed by atoms with Gasteiger partial charge in [-0.1, -0.05) is 18.0 Å². The van der Waals surface area contributed by atoms with Gasteiger partial charge < -0.3 is 9.66 Å². The molecule has 0 aliphatic heterocycles. The molecule has 0 bridgehead atoms. The van der Waals surface area contributed by atoms with E-state index in [0.29, 0.717) is 0 Å². The Labute approximate surface area is 67.3 Å². The first kappa shape index (κ1) is 12.6. The van der Waals surface area contributed by atoms with E-state index in [0.717, 1.165) is 0 Å². The Bertz CT molecular complexity index is 99.8. The summed E-state index contributed by atoms with van der Waals surface area (Å²) in [7, 11) is 0. The van der Waals surface area contributed by atoms with Crippen LogP contribution in [0.1, 0.15) is 6.92 Å². The van der Waals surface area contributed by atoms with Gasteiger partial charge in [0.2, 0.25) is 0 Å². The molecule has 4 nitrogen and oxygen atoms in total. The highest BCUT2D eigenvalue weighted by atomic mass is 32.2. The fourth-order valence-electron chi connectivity index (χ4n) is 0. The van der Waals surface area contributed by atoms with Crippen LogP contribution in [0.25, 0.3) is 0 Å². The van der Waals surface area contributed by atoms with Gasteiger partial charge in [0.15, 0.2) is 0 Å². The molecule has 0 heterocycles. The van der Waals surface area contributed by atoms with E-state index in [2.05, 4.69) is 12.6 Å². The zero-order chi connectivity index (χ0) is 8.57. The van der Waals surface area contributed by atoms with Crippen molar-refractivity contribution in [2.45, 2.75) is 6.92 Å². The van der Waals surface area contributed by atoms with Crippen LogP contribution in [-0.4, -0.2) is 31.3 Å². The van der Waals surface area contributed by atoms with Crippen molar-refractivity contribution in [3.05, 3.63) is 0 Å². The number of carboxylic acid groups (broad SMARTS) is 1. The summed E-state index contributed by atoms with van der Waals surface area (Å²) >= 11 is 1.59. The Hall–Kier alpha value is -0.0700. The lowest BCUT2D eigenvalue weighted by Gasteiger charge is -1.93. The minimum Gasteiger partial charge on any atom is -0.772 e. The maximum Gasteiger partial charge on any atom is 0.313 e. The van der Waals surface area contributed by atoms with Crippen LogP contribution in [0.2, 0.25) is 0 Å². The molecule has 0 saturated heterocycles. The van der Waals surface area contributed by atoms with E-state index in [1.165, 1.54) is 0 Å². The van der Waals surface area contributed by atoms with Crippen molar-refractivity contribution in [2.75, 3.05) is 11.5 Å². The fraction of sp³-hybridized carbons (Fsp3) is 0.750. The monoisotopic (exact) mass is 185 g/mol. The second-order valence-corrected chi connectivity index (χ2v) is 2.65. The highest BCUT2D eigenvalue weighted by Gasteiger charge is 1.81. The van der Waals surface area contributed by atoms with Crippen molar-refractivity contribution < 1.29 is 18.7 Å². The second kappa shape index (κ2) is 8.93. The van der Waals surface area contributed by atoms with Crippen molar-refractivity contribution in [1.29, 1.82) is 0 Å². The van der Waals surface area contributed by atoms with Crippen LogP contribution in [0.4, 0.5) is 0 Å². The van der Waals surface area contributed by atoms with Gasteiger partial charge in [-0.3, -0.25) is 9.00 Å². The maximum absolute atomic E-state index is 9.37. The molecule has 0 aromatic carbocycles. The summed E-state index contributed by atoms with van der Waals surface area (Å²) < 4.78 is 18.7. The summed E-state index contributed by atoms with van der Waals surface area (Å²) in [6.45, 7) is 1.59. The number of hydrogen-bond donors (Lipinski definition) is 2. The number of carbonyl (C=O) groups is 1. The highest BCUT2D eigenvalue weighted by molar-refractivity contribution is 7.81. The van der Waals surface area contributed by atoms with Gasteiger partial charge in [0, 0.05) is 5.75 Å². The minimum atomic E-state index is -1.82. The quantitative estimate of drug-likeness (QED) is 0.464. The summed E-state index contributed by atoms with van der Waals surface area (Å²) in [4.78, 5) is 9.29. The molecule has 0 aromatic heterocycles. The lowest BCUT2D eigenvalue weighted by molar-refractivity contribution is -0.133. The summed E-state index contributed by atoms with van der Waals surface area (Å²) in [5, 5.41) is 7.65. The lowest BCUT2D eigenvalue weighted by atomic mass is 10.8. The summed E-state index contributed by atoms with van der Waals surface area (Å²) in [5.41, 5.74) is 0. The molecule has 0 aromatic rings. The van der Waals surface area contributed by atoms with E-state index in [4.69, 9.17) is 5.11 Å². The molecule has 0 aliphatic carbocycles. The van der Waals surface area contributed by atoms with Crippen LogP contribution >= 0.6 is 12.6 Å². The molecular formula is C4H9O4S2-. The van der Waals surface area contributed by atoms with Crippen LogP contribution in [-0.2, 0) is 15.9 Å². The number of rotatable bonds is 2. The van der Waals surface area contributed by atoms with Gasteiger partial charge in [0.1, 0.15) is 0 Å². The number of thiol groups is 1. The van der Waals surface area contributed by atoms with Gasteiger partial charge in [-0.25, -0.2) is 0 Å². The number of hydrogen-bond acceptors (Lipinski definition) is 4. The van der Waals surface area contributed by atoms with Crippen LogP contribution in [0.15, 0.2) is 0 Å². The first-order chi connectivity index (χ1) is 4.54. The highest BCUT2D eigenvalue weighted by Crippen LogP contribution is 1.66. The van der Waals surface area contributed by atoms with Crippen LogP contribution in [0, 0.1) is 0 Å². The van der Waals surface area contributed by atoms with Gasteiger partial charge in [0.25, 0.3) is 0 Å². The molecule has 1 unspecified atom stereocenters. The van der Waals surface area contributed by atoms with Gasteiger partial charge in [-0.05, 0) is 0 Å². The zero-order valence-electron chi connectivity index (χ0n) is 5.44. The molecule has 6 heteroatoms. The first-order valence-electron chi connectivity index (χ1n) is 2.43. The summed E-state index contributed by atoms with van der Waals surface area (Å²) in [6, 6.07) is 0. The molecule has 62 valence electrons. The Kier molecular flexibility index (Phi) is 11.2. The zero-order valence-corrected chi connectivity index (χ0v) is 7.15. The molecule has 0 rings (SSSR count). The number of carboxylic acids is 1. The standard InChI is InChI=1S/C2H6O2S.C2H4O2S/c1-2-5(3)4;3-2(4)1-5/h2H2,1H3,(H,3,4);5H,1H2,(H,3,4)/p-1. The topological polar surface area (TPSA) is 77.4 Å². The van der Waals surface area contributed by atoms with Crippen LogP contribution in [0.5, 0.6) is 0 Å². The average molecular weight is 185 g/mol. The van der Waals surface area contributed by atoms with Crippen molar-refractivity contribution in [2.24, 2.45) is 0 Å². The van der Waals surface area contributed by atoms with Gasteiger partial charge >= 0.3 is 5.97 Å². The maximum atomic E-state index is 9.37. The van der Waals surface area contributed by atoms with Crippen molar-refractivity contribution >= 4 is 29.7 Å². The average Bonchev–Trinajstić information content (AvgIpc) is 1.89. The molecule has 0 amide bonds. The third-order valence-electron chi connectivity index (χ3n) is 0.371. The molecule has 1 N–H and O–H groups in total. The first-order valence-corrected chi connectivity index (χ1v) is 4.30. The SMILES string of the molecule is CCS(=O)[O-].O=C(O)CS. The van der Waals surface area contributed by atoms with Gasteiger partial charge in [-0.2, -0.15) is 12.6 Å². The van der Waals surface area contributed by atoms with E-state index >= 15 is 0 Å². The normalized spacial score (nSPS) is 11.1. The van der Waals surface area contributed by atoms with E-state index in [1.807, 2.05) is 0 Å². The van der Waals surface area contributed by atoms with Gasteiger partial charge in [0.05, 0.1) is 5.75 Å². The molecule has 1 atom stereocenters. The summed E-state index contributed by atoms with van der Waals surface area (Å²) in [6.07, 6.45) is 0. The lowest BCUT2D eigenvalue weighted by Crippen LogP contribution is -1.92.